The van der Waals surface area contributed by atoms with Crippen molar-refractivity contribution < 1.29 is 9.53 Å². The van der Waals surface area contributed by atoms with Crippen molar-refractivity contribution in [2.75, 3.05) is 38.3 Å². The Kier molecular flexibility index (Phi) is 5.22. The number of hydrogen-bond donors (Lipinski definition) is 3. The molecule has 0 radical (unpaired) electrons. The summed E-state index contributed by atoms with van der Waals surface area (Å²) in [6.07, 6.45) is 0. The van der Waals surface area contributed by atoms with Crippen LogP contribution in [-0.4, -0.2) is 64.6 Å². The number of rotatable bonds is 3. The first-order valence-electron chi connectivity index (χ1n) is 6.51. The zero-order valence-corrected chi connectivity index (χ0v) is 12.7. The molecule has 1 aromatic heterocycles. The highest BCUT2D eigenvalue weighted by Crippen LogP contribution is 2.09. The standard InChI is InChI=1S/C10H18N8O2S/c1-7(8(19)12-14-10(21)11-2)18-15-9(13-16-18)17-3-5-20-6-4-17/h7H,3-6H2,1-2H3,(H,12,19)(H2,11,14,21)/t7-/m0/s1. The fourth-order valence-corrected chi connectivity index (χ4v) is 1.71. The van der Waals surface area contributed by atoms with E-state index in [0.29, 0.717) is 37.4 Å². The van der Waals surface area contributed by atoms with Gasteiger partial charge in [0.05, 0.1) is 13.2 Å². The zero-order chi connectivity index (χ0) is 15.2. The third-order valence-electron chi connectivity index (χ3n) is 2.96. The number of tetrazole rings is 1. The normalized spacial score (nSPS) is 16.2. The summed E-state index contributed by atoms with van der Waals surface area (Å²) in [5, 5.41) is 15.1. The minimum Gasteiger partial charge on any atom is -0.378 e. The largest absolute Gasteiger partial charge is 0.378 e. The molecule has 1 aromatic rings. The lowest BCUT2D eigenvalue weighted by Gasteiger charge is -2.24. The molecule has 3 N–H and O–H groups in total. The van der Waals surface area contributed by atoms with Crippen LogP contribution in [0.1, 0.15) is 13.0 Å². The molecule has 1 atom stereocenters. The number of nitrogens with zero attached hydrogens (tertiary/aromatic N) is 5. The summed E-state index contributed by atoms with van der Waals surface area (Å²) in [5.41, 5.74) is 5.02. The van der Waals surface area contributed by atoms with Gasteiger partial charge < -0.3 is 15.0 Å². The lowest BCUT2D eigenvalue weighted by Crippen LogP contribution is -2.48. The first-order chi connectivity index (χ1) is 10.1. The molecule has 1 aliphatic rings. The summed E-state index contributed by atoms with van der Waals surface area (Å²) in [7, 11) is 1.65. The lowest BCUT2D eigenvalue weighted by molar-refractivity contribution is -0.125. The Morgan fingerprint density at radius 1 is 1.38 bits per heavy atom. The molecule has 0 aliphatic carbocycles. The molecule has 1 amide bonds. The van der Waals surface area contributed by atoms with Crippen LogP contribution in [0.15, 0.2) is 0 Å². The molecule has 0 spiro atoms. The number of morpholine rings is 1. The summed E-state index contributed by atoms with van der Waals surface area (Å²) in [5.74, 6) is 0.176. The molecule has 0 bridgehead atoms. The van der Waals surface area contributed by atoms with Crippen LogP contribution >= 0.6 is 12.2 Å². The van der Waals surface area contributed by atoms with Crippen LogP contribution in [0.2, 0.25) is 0 Å². The van der Waals surface area contributed by atoms with E-state index >= 15 is 0 Å². The van der Waals surface area contributed by atoms with Crippen molar-refractivity contribution in [2.45, 2.75) is 13.0 Å². The molecule has 1 saturated heterocycles. The zero-order valence-electron chi connectivity index (χ0n) is 11.9. The number of carbonyl (C=O) groups is 1. The number of aromatic nitrogens is 4. The fourth-order valence-electron chi connectivity index (χ4n) is 1.66. The van der Waals surface area contributed by atoms with Gasteiger partial charge in [0.1, 0.15) is 0 Å². The van der Waals surface area contributed by atoms with Gasteiger partial charge in [-0.2, -0.15) is 0 Å². The lowest BCUT2D eigenvalue weighted by atomic mass is 10.3. The van der Waals surface area contributed by atoms with Crippen molar-refractivity contribution in [3.8, 4) is 0 Å². The number of anilines is 1. The van der Waals surface area contributed by atoms with Gasteiger partial charge in [-0.25, -0.2) is 0 Å². The number of carbonyl (C=O) groups excluding carboxylic acids is 1. The second-order valence-electron chi connectivity index (χ2n) is 4.38. The van der Waals surface area contributed by atoms with Crippen molar-refractivity contribution in [3.05, 3.63) is 0 Å². The Hall–Kier alpha value is -2.01. The van der Waals surface area contributed by atoms with E-state index in [1.165, 1.54) is 4.80 Å². The van der Waals surface area contributed by atoms with Gasteiger partial charge in [-0.15, -0.1) is 9.90 Å². The Morgan fingerprint density at radius 2 is 2.10 bits per heavy atom. The van der Waals surface area contributed by atoms with Crippen molar-refractivity contribution in [1.82, 2.24) is 36.4 Å². The van der Waals surface area contributed by atoms with Crippen LogP contribution < -0.4 is 21.1 Å². The van der Waals surface area contributed by atoms with Gasteiger partial charge in [-0.05, 0) is 24.4 Å². The molecule has 2 rings (SSSR count). The minimum atomic E-state index is -0.612. The first kappa shape index (κ1) is 15.4. The maximum Gasteiger partial charge on any atom is 0.266 e. The van der Waals surface area contributed by atoms with Crippen molar-refractivity contribution in [1.29, 1.82) is 0 Å². The average Bonchev–Trinajstić information content (AvgIpc) is 3.02. The summed E-state index contributed by atoms with van der Waals surface area (Å²) >= 11 is 4.86. The Bertz CT molecular complexity index is 501. The van der Waals surface area contributed by atoms with Gasteiger partial charge in [0.25, 0.3) is 11.9 Å². The van der Waals surface area contributed by atoms with E-state index in [9.17, 15) is 4.79 Å². The highest BCUT2D eigenvalue weighted by molar-refractivity contribution is 7.80. The molecule has 116 valence electrons. The first-order valence-corrected chi connectivity index (χ1v) is 6.92. The van der Waals surface area contributed by atoms with E-state index in [4.69, 9.17) is 17.0 Å². The molecule has 10 nitrogen and oxygen atoms in total. The SMILES string of the molecule is CNC(=S)NNC(=O)[C@H](C)n1nnc(N2CCOCC2)n1. The van der Waals surface area contributed by atoms with Gasteiger partial charge in [0.2, 0.25) is 0 Å². The number of hydrazine groups is 1. The second kappa shape index (κ2) is 7.13. The summed E-state index contributed by atoms with van der Waals surface area (Å²) in [4.78, 5) is 15.2. The topological polar surface area (TPSA) is 109 Å². The third kappa shape index (κ3) is 3.98. The van der Waals surface area contributed by atoms with Crippen LogP contribution in [0.5, 0.6) is 0 Å². The van der Waals surface area contributed by atoms with E-state index in [0.717, 1.165) is 0 Å². The quantitative estimate of drug-likeness (QED) is 0.439. The monoisotopic (exact) mass is 314 g/mol. The van der Waals surface area contributed by atoms with Crippen LogP contribution in [0, 0.1) is 0 Å². The molecule has 2 heterocycles. The predicted molar refractivity (Wildman–Crippen MR) is 78.5 cm³/mol. The second-order valence-corrected chi connectivity index (χ2v) is 4.79. The van der Waals surface area contributed by atoms with Gasteiger partial charge in [0, 0.05) is 20.1 Å². The summed E-state index contributed by atoms with van der Waals surface area (Å²) in [6, 6.07) is -0.612. The molecule has 21 heavy (non-hydrogen) atoms. The highest BCUT2D eigenvalue weighted by atomic mass is 32.1. The maximum absolute atomic E-state index is 11.9. The van der Waals surface area contributed by atoms with Crippen molar-refractivity contribution >= 4 is 29.2 Å². The molecule has 1 fully saturated rings. The average molecular weight is 314 g/mol. The maximum atomic E-state index is 11.9. The van der Waals surface area contributed by atoms with E-state index in [1.54, 1.807) is 14.0 Å². The highest BCUT2D eigenvalue weighted by Gasteiger charge is 2.21. The van der Waals surface area contributed by atoms with Crippen LogP contribution in [-0.2, 0) is 9.53 Å². The van der Waals surface area contributed by atoms with Gasteiger partial charge >= 0.3 is 0 Å². The Labute approximate surface area is 127 Å². The molecule has 0 aromatic carbocycles. The van der Waals surface area contributed by atoms with Crippen molar-refractivity contribution in [2.24, 2.45) is 0 Å². The van der Waals surface area contributed by atoms with E-state index in [-0.39, 0.29) is 5.91 Å². The van der Waals surface area contributed by atoms with Gasteiger partial charge in [-0.1, -0.05) is 5.10 Å². The Balaban J connectivity index is 1.93. The number of thiocarbonyl (C=S) groups is 1. The van der Waals surface area contributed by atoms with Crippen molar-refractivity contribution in [3.63, 3.8) is 0 Å². The molecule has 0 unspecified atom stereocenters. The fraction of sp³-hybridized carbons (Fsp3) is 0.700. The Morgan fingerprint density at radius 3 is 2.76 bits per heavy atom. The molecule has 11 heteroatoms. The molecule has 1 aliphatic heterocycles. The number of nitrogens with one attached hydrogen (secondary N) is 3. The van der Waals surface area contributed by atoms with E-state index < -0.39 is 6.04 Å². The summed E-state index contributed by atoms with van der Waals surface area (Å²) < 4.78 is 5.26. The van der Waals surface area contributed by atoms with Gasteiger partial charge in [0.15, 0.2) is 11.2 Å². The predicted octanol–water partition coefficient (Wildman–Crippen LogP) is -1.80. The number of amides is 1. The van der Waals surface area contributed by atoms with Crippen LogP contribution in [0.3, 0.4) is 0 Å². The smallest absolute Gasteiger partial charge is 0.266 e. The molecular formula is C10H18N8O2S. The van der Waals surface area contributed by atoms with E-state index in [2.05, 4.69) is 31.6 Å². The minimum absolute atomic E-state index is 0.316. The number of hydrogen-bond acceptors (Lipinski definition) is 7. The molecule has 0 saturated carbocycles. The van der Waals surface area contributed by atoms with Crippen LogP contribution in [0.25, 0.3) is 0 Å². The van der Waals surface area contributed by atoms with Gasteiger partial charge in [-0.3, -0.25) is 15.6 Å². The third-order valence-corrected chi connectivity index (χ3v) is 3.27. The van der Waals surface area contributed by atoms with E-state index in [1.807, 2.05) is 4.90 Å². The molecular weight excluding hydrogens is 296 g/mol. The number of ether oxygens (including phenoxy) is 1. The van der Waals surface area contributed by atoms with Crippen LogP contribution in [0.4, 0.5) is 5.95 Å². The summed E-state index contributed by atoms with van der Waals surface area (Å²) in [6.45, 7) is 4.37.